The fraction of sp³-hybridized carbons (Fsp3) is 0.429. The van der Waals surface area contributed by atoms with Crippen LogP contribution in [0.5, 0.6) is 0 Å². The van der Waals surface area contributed by atoms with Crippen LogP contribution >= 0.6 is 11.3 Å². The first-order valence-corrected chi connectivity index (χ1v) is 10.0. The van der Waals surface area contributed by atoms with Crippen molar-refractivity contribution in [2.24, 2.45) is 11.3 Å². The van der Waals surface area contributed by atoms with E-state index in [-0.39, 0.29) is 23.0 Å². The Balaban J connectivity index is 1.94. The van der Waals surface area contributed by atoms with Gasteiger partial charge in [-0.15, -0.1) is 17.9 Å². The van der Waals surface area contributed by atoms with Crippen LogP contribution in [0.25, 0.3) is 0 Å². The Kier molecular flexibility index (Phi) is 5.56. The minimum absolute atomic E-state index is 0.170. The molecule has 0 aliphatic heterocycles. The first-order chi connectivity index (χ1) is 12.8. The highest BCUT2D eigenvalue weighted by atomic mass is 32.1. The SMILES string of the molecule is C=CCNC(=O)c1c(NC(=O)c2ccco2)sc2c1CCC(C(C)(C)C)C2. The lowest BCUT2D eigenvalue weighted by atomic mass is 9.72. The van der Waals surface area contributed by atoms with Crippen molar-refractivity contribution in [1.82, 2.24) is 5.32 Å². The fourth-order valence-corrected chi connectivity index (χ4v) is 4.80. The van der Waals surface area contributed by atoms with E-state index in [9.17, 15) is 9.59 Å². The van der Waals surface area contributed by atoms with E-state index in [4.69, 9.17) is 4.42 Å². The van der Waals surface area contributed by atoms with E-state index in [1.165, 1.54) is 22.5 Å². The zero-order valence-corrected chi connectivity index (χ0v) is 16.9. The molecule has 3 rings (SSSR count). The van der Waals surface area contributed by atoms with Crippen LogP contribution < -0.4 is 10.6 Å². The summed E-state index contributed by atoms with van der Waals surface area (Å²) in [6, 6.07) is 3.27. The van der Waals surface area contributed by atoms with E-state index in [0.29, 0.717) is 23.0 Å². The molecule has 2 aromatic rings. The van der Waals surface area contributed by atoms with Crippen LogP contribution in [-0.4, -0.2) is 18.4 Å². The van der Waals surface area contributed by atoms with Crippen LogP contribution in [0.4, 0.5) is 5.00 Å². The van der Waals surface area contributed by atoms with Crippen LogP contribution in [0.3, 0.4) is 0 Å². The Morgan fingerprint density at radius 2 is 2.15 bits per heavy atom. The topological polar surface area (TPSA) is 71.3 Å². The van der Waals surface area contributed by atoms with Gasteiger partial charge in [-0.25, -0.2) is 0 Å². The molecule has 2 amide bonds. The number of furan rings is 1. The maximum absolute atomic E-state index is 12.8. The molecule has 1 aliphatic carbocycles. The van der Waals surface area contributed by atoms with E-state index >= 15 is 0 Å². The summed E-state index contributed by atoms with van der Waals surface area (Å²) in [4.78, 5) is 26.4. The number of thiophene rings is 1. The number of hydrogen-bond donors (Lipinski definition) is 2. The quantitative estimate of drug-likeness (QED) is 0.734. The predicted octanol–water partition coefficient (Wildman–Crippen LogP) is 4.66. The minimum atomic E-state index is -0.344. The van der Waals surface area contributed by atoms with Gasteiger partial charge in [-0.1, -0.05) is 26.8 Å². The first kappa shape index (κ1) is 19.4. The fourth-order valence-electron chi connectivity index (χ4n) is 3.48. The molecule has 27 heavy (non-hydrogen) atoms. The molecule has 0 fully saturated rings. The van der Waals surface area contributed by atoms with Crippen molar-refractivity contribution < 1.29 is 14.0 Å². The Hall–Kier alpha value is -2.34. The van der Waals surface area contributed by atoms with Gasteiger partial charge in [-0.2, -0.15) is 0 Å². The summed E-state index contributed by atoms with van der Waals surface area (Å²) < 4.78 is 5.18. The molecule has 144 valence electrons. The van der Waals surface area contributed by atoms with Gasteiger partial charge >= 0.3 is 0 Å². The maximum Gasteiger partial charge on any atom is 0.291 e. The van der Waals surface area contributed by atoms with Gasteiger partial charge < -0.3 is 15.1 Å². The highest BCUT2D eigenvalue weighted by Crippen LogP contribution is 2.44. The third-order valence-corrected chi connectivity index (χ3v) is 6.27. The highest BCUT2D eigenvalue weighted by molar-refractivity contribution is 7.17. The third kappa shape index (κ3) is 4.16. The number of carbonyl (C=O) groups is 2. The van der Waals surface area contributed by atoms with Gasteiger partial charge in [0.15, 0.2) is 5.76 Å². The number of anilines is 1. The van der Waals surface area contributed by atoms with E-state index in [1.807, 2.05) is 0 Å². The molecule has 1 aliphatic rings. The predicted molar refractivity (Wildman–Crippen MR) is 108 cm³/mol. The smallest absolute Gasteiger partial charge is 0.291 e. The third-order valence-electron chi connectivity index (χ3n) is 5.10. The van der Waals surface area contributed by atoms with Crippen molar-refractivity contribution in [3.8, 4) is 0 Å². The molecule has 1 unspecified atom stereocenters. The summed E-state index contributed by atoms with van der Waals surface area (Å²) >= 11 is 1.51. The second-order valence-corrected chi connectivity index (χ2v) is 9.05. The number of fused-ring (bicyclic) bond motifs is 1. The Morgan fingerprint density at radius 1 is 1.37 bits per heavy atom. The number of amides is 2. The van der Waals surface area contributed by atoms with Crippen LogP contribution in [0.1, 0.15) is 58.5 Å². The van der Waals surface area contributed by atoms with Crippen LogP contribution in [0.2, 0.25) is 0 Å². The van der Waals surface area contributed by atoms with Gasteiger partial charge in [0.25, 0.3) is 11.8 Å². The Morgan fingerprint density at radius 3 is 2.78 bits per heavy atom. The van der Waals surface area contributed by atoms with Crippen LogP contribution in [0, 0.1) is 11.3 Å². The summed E-state index contributed by atoms with van der Waals surface area (Å²) in [5.41, 5.74) is 1.87. The van der Waals surface area contributed by atoms with E-state index < -0.39 is 0 Å². The molecule has 2 heterocycles. The molecule has 0 saturated heterocycles. The molecule has 6 heteroatoms. The van der Waals surface area contributed by atoms with Crippen molar-refractivity contribution in [3.63, 3.8) is 0 Å². The Bertz CT molecular complexity index is 844. The number of hydrogen-bond acceptors (Lipinski definition) is 4. The molecule has 0 saturated carbocycles. The molecule has 0 aromatic carbocycles. The van der Waals surface area contributed by atoms with Crippen molar-refractivity contribution in [3.05, 3.63) is 52.8 Å². The van der Waals surface area contributed by atoms with Gasteiger partial charge in [0, 0.05) is 11.4 Å². The summed E-state index contributed by atoms with van der Waals surface area (Å²) in [6.07, 6.45) is 5.93. The lowest BCUT2D eigenvalue weighted by molar-refractivity contribution is 0.0957. The Labute approximate surface area is 163 Å². The molecule has 2 aromatic heterocycles. The number of carbonyl (C=O) groups excluding carboxylic acids is 2. The number of nitrogens with one attached hydrogen (secondary N) is 2. The average Bonchev–Trinajstić information content (AvgIpc) is 3.25. The first-order valence-electron chi connectivity index (χ1n) is 9.19. The largest absolute Gasteiger partial charge is 0.459 e. The van der Waals surface area contributed by atoms with Crippen molar-refractivity contribution in [1.29, 1.82) is 0 Å². The van der Waals surface area contributed by atoms with Gasteiger partial charge in [0.1, 0.15) is 5.00 Å². The van der Waals surface area contributed by atoms with E-state index in [1.54, 1.807) is 18.2 Å². The normalized spacial score (nSPS) is 16.5. The van der Waals surface area contributed by atoms with Gasteiger partial charge in [-0.05, 0) is 48.3 Å². The molecule has 5 nitrogen and oxygen atoms in total. The molecule has 0 bridgehead atoms. The summed E-state index contributed by atoms with van der Waals surface area (Å²) in [6.45, 7) is 10.8. The molecular formula is C21H26N2O3S. The summed E-state index contributed by atoms with van der Waals surface area (Å²) in [5.74, 6) is 0.271. The summed E-state index contributed by atoms with van der Waals surface area (Å²) in [7, 11) is 0. The van der Waals surface area contributed by atoms with Crippen LogP contribution in [0.15, 0.2) is 35.5 Å². The summed E-state index contributed by atoms with van der Waals surface area (Å²) in [5, 5.41) is 6.32. The monoisotopic (exact) mass is 386 g/mol. The second kappa shape index (κ2) is 7.72. The lowest BCUT2D eigenvalue weighted by Gasteiger charge is -2.33. The van der Waals surface area contributed by atoms with Gasteiger partial charge in [-0.3, -0.25) is 9.59 Å². The highest BCUT2D eigenvalue weighted by Gasteiger charge is 2.34. The van der Waals surface area contributed by atoms with Crippen molar-refractivity contribution >= 4 is 28.2 Å². The molecular weight excluding hydrogens is 360 g/mol. The van der Waals surface area contributed by atoms with Crippen LogP contribution in [-0.2, 0) is 12.8 Å². The maximum atomic E-state index is 12.8. The van der Waals surface area contributed by atoms with Crippen molar-refractivity contribution in [2.75, 3.05) is 11.9 Å². The molecule has 1 atom stereocenters. The molecule has 2 N–H and O–H groups in total. The van der Waals surface area contributed by atoms with Crippen molar-refractivity contribution in [2.45, 2.75) is 40.0 Å². The standard InChI is InChI=1S/C21H26N2O3S/c1-5-10-22-19(25)17-14-9-8-13(21(2,3)4)12-16(14)27-20(17)23-18(24)15-7-6-11-26-15/h5-7,11,13H,1,8-10,12H2,2-4H3,(H,22,25)(H,23,24). The average molecular weight is 387 g/mol. The zero-order chi connectivity index (χ0) is 19.6. The van der Waals surface area contributed by atoms with E-state index in [2.05, 4.69) is 38.0 Å². The number of rotatable bonds is 5. The van der Waals surface area contributed by atoms with Gasteiger partial charge in [0.05, 0.1) is 11.8 Å². The molecule has 0 spiro atoms. The zero-order valence-electron chi connectivity index (χ0n) is 16.1. The minimum Gasteiger partial charge on any atom is -0.459 e. The second-order valence-electron chi connectivity index (χ2n) is 7.94. The molecule has 0 radical (unpaired) electrons. The van der Waals surface area contributed by atoms with Gasteiger partial charge in [0.2, 0.25) is 0 Å². The van der Waals surface area contributed by atoms with E-state index in [0.717, 1.165) is 24.8 Å². The lowest BCUT2D eigenvalue weighted by Crippen LogP contribution is -2.28.